The second kappa shape index (κ2) is 5.48. The first kappa shape index (κ1) is 13.5. The summed E-state index contributed by atoms with van der Waals surface area (Å²) in [6, 6.07) is 11.2. The van der Waals surface area contributed by atoms with Crippen LogP contribution in [-0.4, -0.2) is 19.1 Å². The van der Waals surface area contributed by atoms with Gasteiger partial charge in [-0.25, -0.2) is 0 Å². The molecule has 4 heteroatoms. The molecule has 0 radical (unpaired) electrons. The number of hydrogen-bond acceptors (Lipinski definition) is 3. The number of aryl methyl sites for hydroxylation is 2. The Morgan fingerprint density at radius 3 is 2.52 bits per heavy atom. The summed E-state index contributed by atoms with van der Waals surface area (Å²) >= 11 is 0. The molecule has 21 heavy (non-hydrogen) atoms. The number of rotatable bonds is 2. The molecule has 3 rings (SSSR count). The fourth-order valence-corrected chi connectivity index (χ4v) is 2.33. The Hall–Kier alpha value is -2.49. The third-order valence-electron chi connectivity index (χ3n) is 3.43. The van der Waals surface area contributed by atoms with Crippen molar-refractivity contribution in [1.29, 1.82) is 0 Å². The van der Waals surface area contributed by atoms with E-state index in [2.05, 4.69) is 5.32 Å². The van der Waals surface area contributed by atoms with Crippen LogP contribution >= 0.6 is 0 Å². The lowest BCUT2D eigenvalue weighted by Crippen LogP contribution is -2.17. The van der Waals surface area contributed by atoms with Crippen molar-refractivity contribution >= 4 is 11.6 Å². The molecule has 1 N–H and O–H groups in total. The van der Waals surface area contributed by atoms with Crippen LogP contribution in [0, 0.1) is 13.8 Å². The number of amides is 1. The summed E-state index contributed by atoms with van der Waals surface area (Å²) in [7, 11) is 0. The minimum Gasteiger partial charge on any atom is -0.486 e. The van der Waals surface area contributed by atoms with Gasteiger partial charge in [0, 0.05) is 11.3 Å². The van der Waals surface area contributed by atoms with Gasteiger partial charge in [-0.1, -0.05) is 17.7 Å². The van der Waals surface area contributed by atoms with E-state index in [0.29, 0.717) is 30.3 Å². The van der Waals surface area contributed by atoms with Crippen molar-refractivity contribution in [2.45, 2.75) is 13.8 Å². The molecule has 0 saturated carbocycles. The fourth-order valence-electron chi connectivity index (χ4n) is 2.33. The second-order valence-corrected chi connectivity index (χ2v) is 5.13. The average Bonchev–Trinajstić information content (AvgIpc) is 2.49. The number of carbonyl (C=O) groups excluding carboxylic acids is 1. The van der Waals surface area contributed by atoms with E-state index in [1.54, 1.807) is 18.2 Å². The fraction of sp³-hybridized carbons (Fsp3) is 0.235. The van der Waals surface area contributed by atoms with Gasteiger partial charge in [0.15, 0.2) is 11.5 Å². The maximum atomic E-state index is 12.3. The molecular formula is C17H17NO3. The third-order valence-corrected chi connectivity index (χ3v) is 3.43. The zero-order valence-corrected chi connectivity index (χ0v) is 12.1. The summed E-state index contributed by atoms with van der Waals surface area (Å²) in [5.74, 6) is 1.15. The highest BCUT2D eigenvalue weighted by Gasteiger charge is 2.15. The predicted octanol–water partition coefficient (Wildman–Crippen LogP) is 3.33. The van der Waals surface area contributed by atoms with E-state index < -0.39 is 0 Å². The smallest absolute Gasteiger partial charge is 0.255 e. The van der Waals surface area contributed by atoms with Crippen LogP contribution in [0.1, 0.15) is 21.5 Å². The number of ether oxygens (including phenoxy) is 2. The number of benzene rings is 2. The summed E-state index contributed by atoms with van der Waals surface area (Å²) in [5, 5.41) is 2.93. The Morgan fingerprint density at radius 1 is 1.00 bits per heavy atom. The zero-order valence-electron chi connectivity index (χ0n) is 12.1. The SMILES string of the molecule is Cc1ccc(NC(=O)c2ccc3c(c2)OCCO3)c(C)c1. The first-order chi connectivity index (χ1) is 10.1. The molecule has 108 valence electrons. The van der Waals surface area contributed by atoms with Gasteiger partial charge in [0.1, 0.15) is 13.2 Å². The highest BCUT2D eigenvalue weighted by molar-refractivity contribution is 6.05. The zero-order chi connectivity index (χ0) is 14.8. The van der Waals surface area contributed by atoms with Crippen LogP contribution < -0.4 is 14.8 Å². The molecule has 0 unspecified atom stereocenters. The third kappa shape index (κ3) is 2.84. The molecular weight excluding hydrogens is 266 g/mol. The minimum atomic E-state index is -0.154. The molecule has 4 nitrogen and oxygen atoms in total. The van der Waals surface area contributed by atoms with E-state index in [1.165, 1.54) is 5.56 Å². The first-order valence-corrected chi connectivity index (χ1v) is 6.92. The lowest BCUT2D eigenvalue weighted by molar-refractivity contribution is 0.102. The normalized spacial score (nSPS) is 12.9. The molecule has 2 aromatic carbocycles. The summed E-state index contributed by atoms with van der Waals surface area (Å²) in [5.41, 5.74) is 3.59. The van der Waals surface area contributed by atoms with Gasteiger partial charge in [-0.3, -0.25) is 4.79 Å². The van der Waals surface area contributed by atoms with Gasteiger partial charge in [0.2, 0.25) is 0 Å². The van der Waals surface area contributed by atoms with Crippen LogP contribution in [0.3, 0.4) is 0 Å². The molecule has 0 spiro atoms. The minimum absolute atomic E-state index is 0.154. The monoisotopic (exact) mass is 283 g/mol. The molecule has 2 aromatic rings. The topological polar surface area (TPSA) is 47.6 Å². The number of hydrogen-bond donors (Lipinski definition) is 1. The molecule has 1 aliphatic rings. The van der Waals surface area contributed by atoms with Crippen LogP contribution in [0.4, 0.5) is 5.69 Å². The van der Waals surface area contributed by atoms with Gasteiger partial charge in [-0.2, -0.15) is 0 Å². The summed E-state index contributed by atoms with van der Waals surface area (Å²) in [6.07, 6.45) is 0. The number of nitrogens with one attached hydrogen (secondary N) is 1. The molecule has 0 aliphatic carbocycles. The van der Waals surface area contributed by atoms with Crippen molar-refractivity contribution in [3.63, 3.8) is 0 Å². The highest BCUT2D eigenvalue weighted by atomic mass is 16.6. The molecule has 0 saturated heterocycles. The Bertz CT molecular complexity index is 694. The maximum Gasteiger partial charge on any atom is 0.255 e. The number of carbonyl (C=O) groups is 1. The van der Waals surface area contributed by atoms with Crippen LogP contribution in [0.2, 0.25) is 0 Å². The number of fused-ring (bicyclic) bond motifs is 1. The summed E-state index contributed by atoms with van der Waals surface area (Å²) < 4.78 is 11.0. The highest BCUT2D eigenvalue weighted by Crippen LogP contribution is 2.31. The molecule has 1 amide bonds. The molecule has 0 atom stereocenters. The summed E-state index contributed by atoms with van der Waals surface area (Å²) in [6.45, 7) is 5.06. The second-order valence-electron chi connectivity index (χ2n) is 5.13. The number of anilines is 1. The Balaban J connectivity index is 1.82. The van der Waals surface area contributed by atoms with Gasteiger partial charge >= 0.3 is 0 Å². The van der Waals surface area contributed by atoms with E-state index >= 15 is 0 Å². The van der Waals surface area contributed by atoms with E-state index in [-0.39, 0.29) is 5.91 Å². The van der Waals surface area contributed by atoms with Crippen molar-refractivity contribution in [1.82, 2.24) is 0 Å². The average molecular weight is 283 g/mol. The molecule has 0 fully saturated rings. The molecule has 1 heterocycles. The summed E-state index contributed by atoms with van der Waals surface area (Å²) in [4.78, 5) is 12.3. The quantitative estimate of drug-likeness (QED) is 0.919. The van der Waals surface area contributed by atoms with Crippen molar-refractivity contribution in [2.24, 2.45) is 0 Å². The lowest BCUT2D eigenvalue weighted by atomic mass is 10.1. The Labute approximate surface area is 123 Å². The maximum absolute atomic E-state index is 12.3. The Kier molecular flexibility index (Phi) is 3.52. The predicted molar refractivity (Wildman–Crippen MR) is 81.3 cm³/mol. The van der Waals surface area contributed by atoms with Gasteiger partial charge in [0.25, 0.3) is 5.91 Å². The van der Waals surface area contributed by atoms with Crippen LogP contribution in [0.5, 0.6) is 11.5 Å². The van der Waals surface area contributed by atoms with E-state index in [9.17, 15) is 4.79 Å². The van der Waals surface area contributed by atoms with Crippen LogP contribution in [0.15, 0.2) is 36.4 Å². The van der Waals surface area contributed by atoms with Gasteiger partial charge in [-0.05, 0) is 43.7 Å². The van der Waals surface area contributed by atoms with Crippen LogP contribution in [0.25, 0.3) is 0 Å². The van der Waals surface area contributed by atoms with Crippen molar-refractivity contribution in [3.8, 4) is 11.5 Å². The first-order valence-electron chi connectivity index (χ1n) is 6.92. The molecule has 0 bridgehead atoms. The van der Waals surface area contributed by atoms with Crippen molar-refractivity contribution in [2.75, 3.05) is 18.5 Å². The molecule has 1 aliphatic heterocycles. The largest absolute Gasteiger partial charge is 0.486 e. The van der Waals surface area contributed by atoms with Gasteiger partial charge in [0.05, 0.1) is 0 Å². The lowest BCUT2D eigenvalue weighted by Gasteiger charge is -2.18. The van der Waals surface area contributed by atoms with Gasteiger partial charge < -0.3 is 14.8 Å². The standard InChI is InChI=1S/C17H17NO3/c1-11-3-5-14(12(2)9-11)18-17(19)13-4-6-15-16(10-13)21-8-7-20-15/h3-6,9-10H,7-8H2,1-2H3,(H,18,19). The van der Waals surface area contributed by atoms with Gasteiger partial charge in [-0.15, -0.1) is 0 Å². The van der Waals surface area contributed by atoms with E-state index in [0.717, 1.165) is 11.3 Å². The van der Waals surface area contributed by atoms with Crippen LogP contribution in [-0.2, 0) is 0 Å². The Morgan fingerprint density at radius 2 is 1.76 bits per heavy atom. The van der Waals surface area contributed by atoms with E-state index in [4.69, 9.17) is 9.47 Å². The van der Waals surface area contributed by atoms with Crippen molar-refractivity contribution in [3.05, 3.63) is 53.1 Å². The van der Waals surface area contributed by atoms with E-state index in [1.807, 2.05) is 32.0 Å². The van der Waals surface area contributed by atoms with Crippen molar-refractivity contribution < 1.29 is 14.3 Å². The molecule has 0 aromatic heterocycles.